The average molecular weight is 490 g/mol. The lowest BCUT2D eigenvalue weighted by Gasteiger charge is -2.34. The van der Waals surface area contributed by atoms with E-state index in [0.717, 1.165) is 41.0 Å². The molecule has 8 nitrogen and oxygen atoms in total. The Morgan fingerprint density at radius 2 is 1.92 bits per heavy atom. The van der Waals surface area contributed by atoms with Crippen molar-refractivity contribution < 1.29 is 14.3 Å². The van der Waals surface area contributed by atoms with Gasteiger partial charge in [0.25, 0.3) is 5.91 Å². The number of amides is 1. The van der Waals surface area contributed by atoms with E-state index in [0.29, 0.717) is 29.1 Å². The Balaban J connectivity index is 1.40. The van der Waals surface area contributed by atoms with Crippen molar-refractivity contribution in [1.82, 2.24) is 20.0 Å². The van der Waals surface area contributed by atoms with E-state index in [1.165, 1.54) is 6.42 Å². The summed E-state index contributed by atoms with van der Waals surface area (Å²) in [6, 6.07) is 11.1. The quantitative estimate of drug-likeness (QED) is 0.545. The minimum atomic E-state index is -0.243. The molecule has 1 aromatic heterocycles. The number of carbonyl (C=O) groups excluding carboxylic acids is 1. The number of nitrogens with one attached hydrogen (secondary N) is 1. The molecule has 3 aromatic rings. The molecular formula is C28H35N5O3. The van der Waals surface area contributed by atoms with Gasteiger partial charge in [0.2, 0.25) is 0 Å². The summed E-state index contributed by atoms with van der Waals surface area (Å²) in [5.74, 6) is 1.17. The molecule has 0 aliphatic carbocycles. The Labute approximate surface area is 212 Å². The van der Waals surface area contributed by atoms with Crippen molar-refractivity contribution in [2.75, 3.05) is 39.3 Å². The van der Waals surface area contributed by atoms with Gasteiger partial charge in [-0.2, -0.15) is 5.10 Å². The van der Waals surface area contributed by atoms with Crippen LogP contribution in [0, 0.1) is 6.92 Å². The number of carbonyl (C=O) groups is 1. The van der Waals surface area contributed by atoms with Crippen LogP contribution < -0.4 is 19.7 Å². The first-order valence-electron chi connectivity index (χ1n) is 12.4. The number of likely N-dealkylation sites (N-methyl/N-ethyl adjacent to an activating group) is 1. The number of fused-ring (bicyclic) bond motifs is 2. The zero-order chi connectivity index (χ0) is 25.6. The summed E-state index contributed by atoms with van der Waals surface area (Å²) in [6.45, 7) is 6.07. The molecule has 1 amide bonds. The van der Waals surface area contributed by atoms with Crippen LogP contribution in [-0.2, 0) is 7.05 Å². The molecule has 2 saturated heterocycles. The van der Waals surface area contributed by atoms with Gasteiger partial charge in [-0.15, -0.1) is 0 Å². The highest BCUT2D eigenvalue weighted by atomic mass is 16.5. The van der Waals surface area contributed by atoms with Crippen LogP contribution in [0.2, 0.25) is 0 Å². The minimum Gasteiger partial charge on any atom is -0.493 e. The molecule has 2 aliphatic rings. The molecule has 2 bridgehead atoms. The number of nitrogens with zero attached hydrogens (tertiary/aromatic N) is 4. The minimum absolute atomic E-state index is 0.0824. The maximum Gasteiger partial charge on any atom is 0.252 e. The predicted octanol–water partition coefficient (Wildman–Crippen LogP) is 3.80. The largest absolute Gasteiger partial charge is 0.493 e. The van der Waals surface area contributed by atoms with Gasteiger partial charge in [0.15, 0.2) is 11.5 Å². The molecule has 0 radical (unpaired) electrons. The zero-order valence-electron chi connectivity index (χ0n) is 21.9. The lowest BCUT2D eigenvalue weighted by Crippen LogP contribution is -2.44. The van der Waals surface area contributed by atoms with Gasteiger partial charge in [0, 0.05) is 60.8 Å². The highest BCUT2D eigenvalue weighted by Gasteiger charge is 2.41. The Morgan fingerprint density at radius 1 is 1.11 bits per heavy atom. The SMILES string of the molecule is COc1cc([C@@H](C)NC(=O)c2cc(N3C[C@H]4C[C@@H]3CN4C)ccc2C)cc(-c2cnn(C)c2)c1OC. The third-order valence-electron chi connectivity index (χ3n) is 7.68. The maximum atomic E-state index is 13.5. The number of hydrogen-bond acceptors (Lipinski definition) is 6. The second-order valence-electron chi connectivity index (χ2n) is 10.0. The molecule has 190 valence electrons. The number of aryl methyl sites for hydroxylation is 2. The molecule has 0 saturated carbocycles. The van der Waals surface area contributed by atoms with E-state index in [1.54, 1.807) is 25.1 Å². The van der Waals surface area contributed by atoms with Gasteiger partial charge < -0.3 is 19.7 Å². The fourth-order valence-electron chi connectivity index (χ4n) is 5.58. The lowest BCUT2D eigenvalue weighted by atomic mass is 9.99. The van der Waals surface area contributed by atoms with Crippen LogP contribution in [0.5, 0.6) is 11.5 Å². The van der Waals surface area contributed by atoms with Crippen molar-refractivity contribution in [3.8, 4) is 22.6 Å². The number of rotatable bonds is 7. The second kappa shape index (κ2) is 9.50. The molecule has 8 heteroatoms. The summed E-state index contributed by atoms with van der Waals surface area (Å²) in [5.41, 5.74) is 5.52. The molecule has 3 atom stereocenters. The topological polar surface area (TPSA) is 71.9 Å². The zero-order valence-corrected chi connectivity index (χ0v) is 21.9. The molecule has 0 spiro atoms. The van der Waals surface area contributed by atoms with Crippen molar-refractivity contribution >= 4 is 11.6 Å². The summed E-state index contributed by atoms with van der Waals surface area (Å²) in [7, 11) is 7.32. The van der Waals surface area contributed by atoms with Gasteiger partial charge in [-0.1, -0.05) is 6.07 Å². The van der Waals surface area contributed by atoms with Crippen LogP contribution in [0.25, 0.3) is 11.1 Å². The van der Waals surface area contributed by atoms with Crippen molar-refractivity contribution in [2.24, 2.45) is 7.05 Å². The van der Waals surface area contributed by atoms with Crippen LogP contribution in [0.4, 0.5) is 5.69 Å². The number of hydrogen-bond donors (Lipinski definition) is 1. The summed E-state index contributed by atoms with van der Waals surface area (Å²) in [5, 5.41) is 7.50. The van der Waals surface area contributed by atoms with Gasteiger partial charge in [0.1, 0.15) is 0 Å². The first kappa shape index (κ1) is 24.2. The van der Waals surface area contributed by atoms with Crippen LogP contribution in [0.3, 0.4) is 0 Å². The van der Waals surface area contributed by atoms with E-state index in [-0.39, 0.29) is 11.9 Å². The summed E-state index contributed by atoms with van der Waals surface area (Å²) in [6.07, 6.45) is 4.92. The highest BCUT2D eigenvalue weighted by molar-refractivity contribution is 5.97. The van der Waals surface area contributed by atoms with Crippen LogP contribution >= 0.6 is 0 Å². The normalized spacial score (nSPS) is 20.0. The van der Waals surface area contributed by atoms with Gasteiger partial charge in [-0.25, -0.2) is 0 Å². The number of methoxy groups -OCH3 is 2. The second-order valence-corrected chi connectivity index (χ2v) is 10.0. The highest BCUT2D eigenvalue weighted by Crippen LogP contribution is 2.40. The predicted molar refractivity (Wildman–Crippen MR) is 141 cm³/mol. The van der Waals surface area contributed by atoms with Gasteiger partial charge in [-0.05, 0) is 62.7 Å². The lowest BCUT2D eigenvalue weighted by molar-refractivity contribution is 0.0939. The number of likely N-dealkylation sites (tertiary alicyclic amines) is 1. The summed E-state index contributed by atoms with van der Waals surface area (Å²) in [4.78, 5) is 18.4. The van der Waals surface area contributed by atoms with Crippen molar-refractivity contribution in [2.45, 2.75) is 38.4 Å². The molecule has 2 aromatic carbocycles. The Hall–Kier alpha value is -3.52. The molecular weight excluding hydrogens is 454 g/mol. The fraction of sp³-hybridized carbons (Fsp3) is 0.429. The number of benzene rings is 2. The third-order valence-corrected chi connectivity index (χ3v) is 7.68. The Kier molecular flexibility index (Phi) is 6.38. The molecule has 0 unspecified atom stereocenters. The fourth-order valence-corrected chi connectivity index (χ4v) is 5.58. The standard InChI is InChI=1S/C28H35N5O3/c1-17-7-8-21(33-16-22-11-23(33)15-31(22)3)12-24(17)28(34)30-18(2)19-9-25(20-13-29-32(4)14-20)27(36-6)26(10-19)35-5/h7-10,12-14,18,22-23H,11,15-16H2,1-6H3,(H,30,34)/t18-,22-,23-/m1/s1. The number of ether oxygens (including phenoxy) is 2. The number of anilines is 1. The van der Waals surface area contributed by atoms with E-state index >= 15 is 0 Å². The van der Waals surface area contributed by atoms with Gasteiger partial charge in [0.05, 0.1) is 26.5 Å². The van der Waals surface area contributed by atoms with Crippen molar-refractivity contribution in [1.29, 1.82) is 0 Å². The van der Waals surface area contributed by atoms with E-state index in [2.05, 4.69) is 39.4 Å². The first-order valence-corrected chi connectivity index (χ1v) is 12.4. The van der Waals surface area contributed by atoms with E-state index in [4.69, 9.17) is 9.47 Å². The average Bonchev–Trinajstić information content (AvgIpc) is 3.58. The summed E-state index contributed by atoms with van der Waals surface area (Å²) < 4.78 is 13.0. The Bertz CT molecular complexity index is 1280. The molecule has 2 fully saturated rings. The van der Waals surface area contributed by atoms with Gasteiger partial charge in [-0.3, -0.25) is 14.4 Å². The molecule has 36 heavy (non-hydrogen) atoms. The molecule has 2 aliphatic heterocycles. The smallest absolute Gasteiger partial charge is 0.252 e. The van der Waals surface area contributed by atoms with Gasteiger partial charge >= 0.3 is 0 Å². The first-order chi connectivity index (χ1) is 17.3. The number of piperazine rings is 1. The summed E-state index contributed by atoms with van der Waals surface area (Å²) >= 11 is 0. The van der Waals surface area contributed by atoms with E-state index in [1.807, 2.05) is 45.3 Å². The Morgan fingerprint density at radius 3 is 2.53 bits per heavy atom. The monoisotopic (exact) mass is 489 g/mol. The van der Waals surface area contributed by atoms with Crippen LogP contribution in [-0.4, -0.2) is 67.0 Å². The number of aromatic nitrogens is 2. The van der Waals surface area contributed by atoms with E-state index < -0.39 is 0 Å². The van der Waals surface area contributed by atoms with E-state index in [9.17, 15) is 4.79 Å². The molecule has 3 heterocycles. The molecule has 5 rings (SSSR count). The van der Waals surface area contributed by atoms with Crippen LogP contribution in [0.15, 0.2) is 42.7 Å². The maximum absolute atomic E-state index is 13.5. The molecule has 1 N–H and O–H groups in total. The van der Waals surface area contributed by atoms with Crippen LogP contribution in [0.1, 0.15) is 40.9 Å². The van der Waals surface area contributed by atoms with Crippen molar-refractivity contribution in [3.05, 3.63) is 59.4 Å². The van der Waals surface area contributed by atoms with Crippen molar-refractivity contribution in [3.63, 3.8) is 0 Å². The third kappa shape index (κ3) is 4.30.